The highest BCUT2D eigenvalue weighted by Crippen LogP contribution is 2.20. The van der Waals surface area contributed by atoms with E-state index in [0.717, 1.165) is 10.9 Å². The number of rotatable bonds is 5. The first-order valence-corrected chi connectivity index (χ1v) is 10.8. The highest BCUT2D eigenvalue weighted by atomic mass is 32.2. The Bertz CT molecular complexity index is 1520. The number of aromatic amines is 1. The van der Waals surface area contributed by atoms with E-state index >= 15 is 0 Å². The molecular weight excluding hydrogens is 410 g/mol. The van der Waals surface area contributed by atoms with Crippen LogP contribution in [0.15, 0.2) is 32.7 Å². The molecule has 0 fully saturated rings. The summed E-state index contributed by atoms with van der Waals surface area (Å²) >= 11 is 0. The van der Waals surface area contributed by atoms with Gasteiger partial charge in [0.25, 0.3) is 21.4 Å². The van der Waals surface area contributed by atoms with Crippen LogP contribution in [0.5, 0.6) is 0 Å². The van der Waals surface area contributed by atoms with Crippen molar-refractivity contribution < 1.29 is 8.42 Å². The third-order valence-electron chi connectivity index (χ3n) is 5.00. The highest BCUT2D eigenvalue weighted by molar-refractivity contribution is 7.92. The van der Waals surface area contributed by atoms with E-state index in [0.29, 0.717) is 23.3 Å². The largest absolute Gasteiger partial charge is 0.328 e. The Kier molecular flexibility index (Phi) is 4.53. The van der Waals surface area contributed by atoms with Crippen LogP contribution in [0.2, 0.25) is 0 Å². The van der Waals surface area contributed by atoms with E-state index in [1.807, 2.05) is 6.92 Å². The first-order chi connectivity index (χ1) is 14.1. The molecule has 158 valence electrons. The molecule has 12 heteroatoms. The second-order valence-corrected chi connectivity index (χ2v) is 8.77. The highest BCUT2D eigenvalue weighted by Gasteiger charge is 2.22. The molecule has 0 saturated heterocycles. The molecule has 0 atom stereocenters. The Morgan fingerprint density at radius 2 is 1.80 bits per heavy atom. The number of hydrogen-bond acceptors (Lipinski definition) is 6. The van der Waals surface area contributed by atoms with Gasteiger partial charge >= 0.3 is 5.69 Å². The molecule has 1 aromatic carbocycles. The monoisotopic (exact) mass is 431 g/mol. The van der Waals surface area contributed by atoms with E-state index in [4.69, 9.17) is 0 Å². The molecule has 0 saturated carbocycles. The predicted octanol–water partition coefficient (Wildman–Crippen LogP) is 0.670. The normalized spacial score (nSPS) is 12.1. The molecule has 0 bridgehead atoms. The second-order valence-electron chi connectivity index (χ2n) is 7.09. The summed E-state index contributed by atoms with van der Waals surface area (Å²) in [5.74, 6) is 0.779. The maximum atomic E-state index is 13.0. The van der Waals surface area contributed by atoms with Gasteiger partial charge in [0.15, 0.2) is 0 Å². The first-order valence-electron chi connectivity index (χ1n) is 9.30. The van der Waals surface area contributed by atoms with Crippen LogP contribution in [0.25, 0.3) is 16.8 Å². The summed E-state index contributed by atoms with van der Waals surface area (Å²) in [7, 11) is -0.929. The van der Waals surface area contributed by atoms with Gasteiger partial charge in [-0.1, -0.05) is 6.92 Å². The maximum absolute atomic E-state index is 13.0. The Hall–Kier alpha value is -3.41. The second kappa shape index (κ2) is 6.83. The smallest absolute Gasteiger partial charge is 0.295 e. The van der Waals surface area contributed by atoms with E-state index in [9.17, 15) is 18.0 Å². The van der Waals surface area contributed by atoms with Gasteiger partial charge in [-0.3, -0.25) is 23.7 Å². The molecule has 3 aromatic heterocycles. The van der Waals surface area contributed by atoms with Crippen LogP contribution in [0, 0.1) is 6.92 Å². The van der Waals surface area contributed by atoms with Crippen LogP contribution in [0.3, 0.4) is 0 Å². The van der Waals surface area contributed by atoms with Crippen molar-refractivity contribution in [3.8, 4) is 0 Å². The Morgan fingerprint density at radius 1 is 1.10 bits per heavy atom. The van der Waals surface area contributed by atoms with E-state index < -0.39 is 15.6 Å². The molecule has 0 aliphatic heterocycles. The van der Waals surface area contributed by atoms with Gasteiger partial charge in [0, 0.05) is 20.5 Å². The number of nitrogens with one attached hydrogen (secondary N) is 2. The topological polar surface area (TPSA) is 136 Å². The van der Waals surface area contributed by atoms with Gasteiger partial charge in [-0.25, -0.2) is 18.2 Å². The van der Waals surface area contributed by atoms with Gasteiger partial charge in [-0.05, 0) is 31.5 Å². The molecule has 11 nitrogen and oxygen atoms in total. The minimum Gasteiger partial charge on any atom is -0.295 e. The fourth-order valence-corrected chi connectivity index (χ4v) is 4.51. The molecule has 0 aliphatic rings. The van der Waals surface area contributed by atoms with Crippen LogP contribution in [-0.2, 0) is 30.5 Å². The first kappa shape index (κ1) is 19.9. The third kappa shape index (κ3) is 3.00. The van der Waals surface area contributed by atoms with Crippen LogP contribution < -0.4 is 16.0 Å². The summed E-state index contributed by atoms with van der Waals surface area (Å²) in [6.07, 6.45) is 1.47. The summed E-state index contributed by atoms with van der Waals surface area (Å²) in [6, 6.07) is 4.34. The molecule has 0 amide bonds. The van der Waals surface area contributed by atoms with Gasteiger partial charge in [0.05, 0.1) is 21.6 Å². The lowest BCUT2D eigenvalue weighted by molar-refractivity contribution is 0.601. The van der Waals surface area contributed by atoms with E-state index in [1.165, 1.54) is 28.2 Å². The lowest BCUT2D eigenvalue weighted by Crippen LogP contribution is -2.25. The Labute approximate surface area is 171 Å². The Morgan fingerprint density at radius 3 is 2.50 bits per heavy atom. The van der Waals surface area contributed by atoms with Crippen LogP contribution in [0.4, 0.5) is 5.69 Å². The molecule has 30 heavy (non-hydrogen) atoms. The quantitative estimate of drug-likeness (QED) is 0.477. The van der Waals surface area contributed by atoms with Crippen LogP contribution >= 0.6 is 0 Å². The molecule has 0 radical (unpaired) electrons. The van der Waals surface area contributed by atoms with E-state index in [1.54, 1.807) is 20.2 Å². The molecular formula is C18H21N7O4S. The SMILES string of the molecule is CCCc1nc2nc(C)c(NS(=O)(=O)c3ccc4c(c3)n(C)c(=O)n4C)c(=O)n2[nH]1. The van der Waals surface area contributed by atoms with Crippen molar-refractivity contribution in [3.05, 3.63) is 50.6 Å². The van der Waals surface area contributed by atoms with Crippen LogP contribution in [0.1, 0.15) is 24.9 Å². The zero-order chi connectivity index (χ0) is 21.8. The van der Waals surface area contributed by atoms with Gasteiger partial charge in [-0.15, -0.1) is 0 Å². The fraction of sp³-hybridized carbons (Fsp3) is 0.333. The maximum Gasteiger partial charge on any atom is 0.328 e. The summed E-state index contributed by atoms with van der Waals surface area (Å²) in [5, 5.41) is 2.85. The predicted molar refractivity (Wildman–Crippen MR) is 111 cm³/mol. The van der Waals surface area contributed by atoms with Crippen molar-refractivity contribution in [2.45, 2.75) is 31.6 Å². The van der Waals surface area contributed by atoms with Gasteiger partial charge in [0.2, 0.25) is 0 Å². The van der Waals surface area contributed by atoms with Crippen LogP contribution in [-0.4, -0.2) is 37.1 Å². The van der Waals surface area contributed by atoms with Gasteiger partial charge in [0.1, 0.15) is 11.5 Å². The molecule has 4 aromatic rings. The lowest BCUT2D eigenvalue weighted by Gasteiger charge is -2.10. The van der Waals surface area contributed by atoms with Crippen molar-refractivity contribution in [1.82, 2.24) is 28.7 Å². The van der Waals surface area contributed by atoms with Gasteiger partial charge in [-0.2, -0.15) is 9.50 Å². The number of nitrogens with zero attached hydrogens (tertiary/aromatic N) is 5. The van der Waals surface area contributed by atoms with Crippen molar-refractivity contribution >= 4 is 32.5 Å². The number of aromatic nitrogens is 6. The Balaban J connectivity index is 1.81. The van der Waals surface area contributed by atoms with Gasteiger partial charge < -0.3 is 0 Å². The molecule has 4 rings (SSSR count). The third-order valence-corrected chi connectivity index (χ3v) is 6.35. The average Bonchev–Trinajstić information content (AvgIpc) is 3.20. The standard InChI is InChI=1S/C18H21N7O4S/c1-5-6-14-20-17-19-10(2)15(16(26)25(17)21-14)22-30(28,29)11-7-8-12-13(9-11)24(4)18(27)23(12)3/h7-9,22H,5-6H2,1-4H3,(H,19,20,21). The summed E-state index contributed by atoms with van der Waals surface area (Å²) in [5.41, 5.74) is 0.252. The summed E-state index contributed by atoms with van der Waals surface area (Å²) in [6.45, 7) is 3.52. The molecule has 3 heterocycles. The number of aryl methyl sites for hydroxylation is 4. The van der Waals surface area contributed by atoms with Crippen molar-refractivity contribution in [3.63, 3.8) is 0 Å². The number of fused-ring (bicyclic) bond motifs is 2. The number of imidazole rings is 1. The fourth-order valence-electron chi connectivity index (χ4n) is 3.38. The number of H-pyrrole nitrogens is 1. The minimum atomic E-state index is -4.10. The van der Waals surface area contributed by atoms with Crippen molar-refractivity contribution in [2.24, 2.45) is 14.1 Å². The summed E-state index contributed by atoms with van der Waals surface area (Å²) in [4.78, 5) is 33.4. The zero-order valence-corrected chi connectivity index (χ0v) is 17.7. The zero-order valence-electron chi connectivity index (χ0n) is 16.9. The van der Waals surface area contributed by atoms with Crippen molar-refractivity contribution in [2.75, 3.05) is 4.72 Å². The van der Waals surface area contributed by atoms with E-state index in [-0.39, 0.29) is 27.7 Å². The lowest BCUT2D eigenvalue weighted by atomic mass is 10.3. The average molecular weight is 431 g/mol. The number of sulfonamides is 1. The minimum absolute atomic E-state index is 0.0728. The molecule has 0 spiro atoms. The number of benzene rings is 1. The van der Waals surface area contributed by atoms with Crippen molar-refractivity contribution in [1.29, 1.82) is 0 Å². The molecule has 0 unspecified atom stereocenters. The van der Waals surface area contributed by atoms with E-state index in [2.05, 4.69) is 19.8 Å². The number of hydrogen-bond donors (Lipinski definition) is 2. The number of anilines is 1. The molecule has 2 N–H and O–H groups in total. The summed E-state index contributed by atoms with van der Waals surface area (Å²) < 4.78 is 32.2. The molecule has 0 aliphatic carbocycles.